The molecule has 1 aliphatic rings. The normalized spacial score (nSPS) is 17.5. The summed E-state index contributed by atoms with van der Waals surface area (Å²) in [5.41, 5.74) is 2.03. The number of carbonyl (C=O) groups is 1. The first-order valence-electron chi connectivity index (χ1n) is 7.19. The van der Waals surface area contributed by atoms with Crippen LogP contribution in [0.15, 0.2) is 54.6 Å². The van der Waals surface area contributed by atoms with Crippen molar-refractivity contribution in [3.8, 4) is 0 Å². The number of thioether (sulfide) groups is 1. The molecule has 22 heavy (non-hydrogen) atoms. The summed E-state index contributed by atoms with van der Waals surface area (Å²) in [6, 6.07) is 16.1. The van der Waals surface area contributed by atoms with Crippen molar-refractivity contribution in [3.05, 3.63) is 71.5 Å². The molecule has 0 aliphatic carbocycles. The average molecular weight is 316 g/mol. The van der Waals surface area contributed by atoms with E-state index in [0.29, 0.717) is 13.1 Å². The van der Waals surface area contributed by atoms with Gasteiger partial charge in [-0.3, -0.25) is 0 Å². The number of hydrogen-bond donors (Lipinski definition) is 1. The van der Waals surface area contributed by atoms with Crippen LogP contribution < -0.4 is 5.32 Å². The van der Waals surface area contributed by atoms with E-state index in [1.54, 1.807) is 28.8 Å². The van der Waals surface area contributed by atoms with Crippen molar-refractivity contribution in [2.75, 3.05) is 12.3 Å². The Morgan fingerprint density at radius 1 is 1.18 bits per heavy atom. The fourth-order valence-electron chi connectivity index (χ4n) is 2.46. The van der Waals surface area contributed by atoms with Crippen molar-refractivity contribution in [2.45, 2.75) is 11.9 Å². The predicted octanol–water partition coefficient (Wildman–Crippen LogP) is 3.78. The fourth-order valence-corrected chi connectivity index (χ4v) is 3.71. The summed E-state index contributed by atoms with van der Waals surface area (Å²) < 4.78 is 13.0. The topological polar surface area (TPSA) is 32.3 Å². The molecule has 2 amide bonds. The van der Waals surface area contributed by atoms with Gasteiger partial charge in [0.25, 0.3) is 0 Å². The Hall–Kier alpha value is -2.01. The molecule has 1 saturated heterocycles. The molecule has 1 N–H and O–H groups in total. The second kappa shape index (κ2) is 6.83. The highest BCUT2D eigenvalue weighted by atomic mass is 32.2. The van der Waals surface area contributed by atoms with Gasteiger partial charge >= 0.3 is 6.03 Å². The van der Waals surface area contributed by atoms with Crippen LogP contribution in [0, 0.1) is 5.82 Å². The Morgan fingerprint density at radius 3 is 2.64 bits per heavy atom. The first kappa shape index (κ1) is 14.9. The molecule has 114 valence electrons. The Balaban J connectivity index is 1.65. The second-order valence-electron chi connectivity index (χ2n) is 5.11. The minimum absolute atomic E-state index is 0.0450. The maximum absolute atomic E-state index is 13.0. The number of benzene rings is 2. The lowest BCUT2D eigenvalue weighted by Gasteiger charge is -2.24. The highest BCUT2D eigenvalue weighted by Gasteiger charge is 2.30. The lowest BCUT2D eigenvalue weighted by atomic mass is 10.2. The third-order valence-corrected chi connectivity index (χ3v) is 4.85. The fraction of sp³-hybridized carbons (Fsp3) is 0.235. The van der Waals surface area contributed by atoms with Crippen LogP contribution in [-0.4, -0.2) is 23.2 Å². The van der Waals surface area contributed by atoms with Crippen LogP contribution >= 0.6 is 11.8 Å². The Morgan fingerprint density at radius 2 is 1.91 bits per heavy atom. The van der Waals surface area contributed by atoms with Crippen molar-refractivity contribution < 1.29 is 9.18 Å². The standard InChI is InChI=1S/C17H17FN2OS/c18-15-8-6-14(7-9-15)16-20(10-11-22-16)17(21)19-12-13-4-2-1-3-5-13/h1-9,16H,10-12H2,(H,19,21)/t16-/m1/s1. The van der Waals surface area contributed by atoms with E-state index in [0.717, 1.165) is 16.9 Å². The van der Waals surface area contributed by atoms with Gasteiger partial charge < -0.3 is 10.2 Å². The van der Waals surface area contributed by atoms with Gasteiger partial charge in [0.1, 0.15) is 11.2 Å². The van der Waals surface area contributed by atoms with Crippen molar-refractivity contribution >= 4 is 17.8 Å². The van der Waals surface area contributed by atoms with E-state index in [1.165, 1.54) is 12.1 Å². The first-order chi connectivity index (χ1) is 10.7. The monoisotopic (exact) mass is 316 g/mol. The van der Waals surface area contributed by atoms with E-state index in [4.69, 9.17) is 0 Å². The molecular weight excluding hydrogens is 299 g/mol. The number of nitrogens with zero attached hydrogens (tertiary/aromatic N) is 1. The number of urea groups is 1. The molecule has 0 saturated carbocycles. The van der Waals surface area contributed by atoms with Gasteiger partial charge in [-0.2, -0.15) is 0 Å². The van der Waals surface area contributed by atoms with Crippen molar-refractivity contribution in [1.29, 1.82) is 0 Å². The number of nitrogens with one attached hydrogen (secondary N) is 1. The molecule has 1 fully saturated rings. The summed E-state index contributed by atoms with van der Waals surface area (Å²) in [5, 5.41) is 2.91. The highest BCUT2D eigenvalue weighted by Crippen LogP contribution is 2.37. The van der Waals surface area contributed by atoms with Gasteiger partial charge in [-0.25, -0.2) is 9.18 Å². The maximum atomic E-state index is 13.0. The van der Waals surface area contributed by atoms with E-state index in [9.17, 15) is 9.18 Å². The Labute approximate surface area is 133 Å². The molecule has 1 atom stereocenters. The molecule has 0 unspecified atom stereocenters. The quantitative estimate of drug-likeness (QED) is 0.934. The number of amides is 2. The molecule has 3 rings (SSSR count). The van der Waals surface area contributed by atoms with Gasteiger partial charge in [0.05, 0.1) is 0 Å². The van der Waals surface area contributed by atoms with Crippen molar-refractivity contribution in [1.82, 2.24) is 10.2 Å². The molecule has 1 aliphatic heterocycles. The van der Waals surface area contributed by atoms with Gasteiger partial charge in [0, 0.05) is 18.8 Å². The average Bonchev–Trinajstić information content (AvgIpc) is 3.04. The number of rotatable bonds is 3. The largest absolute Gasteiger partial charge is 0.334 e. The SMILES string of the molecule is O=C(NCc1ccccc1)N1CCS[C@@H]1c1ccc(F)cc1. The van der Waals surface area contributed by atoms with Gasteiger partial charge in [0.15, 0.2) is 0 Å². The molecule has 0 spiro atoms. The Bertz CT molecular complexity index is 633. The molecule has 0 radical (unpaired) electrons. The maximum Gasteiger partial charge on any atom is 0.318 e. The lowest BCUT2D eigenvalue weighted by molar-refractivity contribution is 0.200. The summed E-state index contributed by atoms with van der Waals surface area (Å²) in [5.74, 6) is 0.632. The zero-order chi connectivity index (χ0) is 15.4. The first-order valence-corrected chi connectivity index (χ1v) is 8.24. The van der Waals surface area contributed by atoms with Crippen LogP contribution in [0.2, 0.25) is 0 Å². The highest BCUT2D eigenvalue weighted by molar-refractivity contribution is 7.99. The van der Waals surface area contributed by atoms with Crippen LogP contribution in [0.1, 0.15) is 16.5 Å². The van der Waals surface area contributed by atoms with Crippen LogP contribution in [0.25, 0.3) is 0 Å². The zero-order valence-electron chi connectivity index (χ0n) is 12.0. The van der Waals surface area contributed by atoms with Crippen LogP contribution in [0.5, 0.6) is 0 Å². The molecule has 2 aromatic rings. The lowest BCUT2D eigenvalue weighted by Crippen LogP contribution is -2.39. The van der Waals surface area contributed by atoms with Gasteiger partial charge in [-0.15, -0.1) is 11.8 Å². The summed E-state index contributed by atoms with van der Waals surface area (Å²) in [4.78, 5) is 14.2. The van der Waals surface area contributed by atoms with Crippen LogP contribution in [0.3, 0.4) is 0 Å². The summed E-state index contributed by atoms with van der Waals surface area (Å²) >= 11 is 1.70. The smallest absolute Gasteiger partial charge is 0.318 e. The van der Waals surface area contributed by atoms with Crippen LogP contribution in [0.4, 0.5) is 9.18 Å². The van der Waals surface area contributed by atoms with E-state index < -0.39 is 0 Å². The van der Waals surface area contributed by atoms with E-state index >= 15 is 0 Å². The molecule has 1 heterocycles. The summed E-state index contributed by atoms with van der Waals surface area (Å²) in [6.07, 6.45) is 0. The predicted molar refractivity (Wildman–Crippen MR) is 87.0 cm³/mol. The minimum atomic E-state index is -0.258. The molecule has 2 aromatic carbocycles. The third kappa shape index (κ3) is 3.42. The third-order valence-electron chi connectivity index (χ3n) is 3.59. The van der Waals surface area contributed by atoms with Gasteiger partial charge in [-0.1, -0.05) is 42.5 Å². The van der Waals surface area contributed by atoms with Crippen molar-refractivity contribution in [3.63, 3.8) is 0 Å². The van der Waals surface area contributed by atoms with Crippen molar-refractivity contribution in [2.24, 2.45) is 0 Å². The molecule has 0 aromatic heterocycles. The molecule has 5 heteroatoms. The van der Waals surface area contributed by atoms with E-state index in [-0.39, 0.29) is 17.2 Å². The summed E-state index contributed by atoms with van der Waals surface area (Å²) in [7, 11) is 0. The number of halogens is 1. The Kier molecular flexibility index (Phi) is 4.63. The van der Waals surface area contributed by atoms with Gasteiger partial charge in [0.2, 0.25) is 0 Å². The van der Waals surface area contributed by atoms with E-state index in [2.05, 4.69) is 5.32 Å². The summed E-state index contributed by atoms with van der Waals surface area (Å²) in [6.45, 7) is 1.21. The molecule has 3 nitrogen and oxygen atoms in total. The van der Waals surface area contributed by atoms with Gasteiger partial charge in [-0.05, 0) is 23.3 Å². The minimum Gasteiger partial charge on any atom is -0.334 e. The van der Waals surface area contributed by atoms with E-state index in [1.807, 2.05) is 30.3 Å². The number of hydrogen-bond acceptors (Lipinski definition) is 2. The van der Waals surface area contributed by atoms with Crippen LogP contribution in [-0.2, 0) is 6.54 Å². The second-order valence-corrected chi connectivity index (χ2v) is 6.30. The molecular formula is C17H17FN2OS. The molecule has 0 bridgehead atoms. The number of carbonyl (C=O) groups excluding carboxylic acids is 1. The zero-order valence-corrected chi connectivity index (χ0v) is 12.9.